The predicted octanol–water partition coefficient (Wildman–Crippen LogP) is 3.46. The molecular formula is C15H11FO4S. The molecule has 1 N–H and O–H groups in total. The SMILES string of the molecule is COC(=O)c1ccc(Sc2ccc(C(=O)O)c(F)c2)cc1. The Bertz CT molecular complexity index is 683. The van der Waals surface area contributed by atoms with Crippen molar-refractivity contribution in [3.63, 3.8) is 0 Å². The molecule has 2 aromatic rings. The fraction of sp³-hybridized carbons (Fsp3) is 0.0667. The van der Waals surface area contributed by atoms with Gasteiger partial charge in [-0.2, -0.15) is 0 Å². The summed E-state index contributed by atoms with van der Waals surface area (Å²) in [6.45, 7) is 0. The quantitative estimate of drug-likeness (QED) is 0.876. The lowest BCUT2D eigenvalue weighted by Crippen LogP contribution is -2.00. The Kier molecular flexibility index (Phi) is 4.59. The molecule has 0 aliphatic carbocycles. The largest absolute Gasteiger partial charge is 0.478 e. The van der Waals surface area contributed by atoms with Gasteiger partial charge in [0.2, 0.25) is 0 Å². The van der Waals surface area contributed by atoms with Crippen molar-refractivity contribution in [2.75, 3.05) is 7.11 Å². The van der Waals surface area contributed by atoms with Crippen LogP contribution in [0, 0.1) is 5.82 Å². The number of rotatable bonds is 4. The fourth-order valence-corrected chi connectivity index (χ4v) is 2.49. The van der Waals surface area contributed by atoms with E-state index in [1.54, 1.807) is 24.3 Å². The van der Waals surface area contributed by atoms with Crippen molar-refractivity contribution < 1.29 is 23.8 Å². The summed E-state index contributed by atoms with van der Waals surface area (Å²) in [4.78, 5) is 23.4. The van der Waals surface area contributed by atoms with E-state index in [1.165, 1.54) is 37.1 Å². The fourth-order valence-electron chi connectivity index (χ4n) is 1.65. The first-order chi connectivity index (χ1) is 10.0. The molecule has 0 heterocycles. The van der Waals surface area contributed by atoms with Crippen molar-refractivity contribution in [1.82, 2.24) is 0 Å². The van der Waals surface area contributed by atoms with Crippen molar-refractivity contribution in [2.45, 2.75) is 9.79 Å². The standard InChI is InChI=1S/C15H11FO4S/c1-20-15(19)9-2-4-10(5-3-9)21-11-6-7-12(14(17)18)13(16)8-11/h2-8H,1H3,(H,17,18). The third-order valence-electron chi connectivity index (χ3n) is 2.68. The number of ether oxygens (including phenoxy) is 1. The number of esters is 1. The van der Waals surface area contributed by atoms with E-state index < -0.39 is 17.8 Å². The topological polar surface area (TPSA) is 63.6 Å². The van der Waals surface area contributed by atoms with Crippen molar-refractivity contribution in [3.05, 3.63) is 59.4 Å². The van der Waals surface area contributed by atoms with Gasteiger partial charge in [-0.15, -0.1) is 0 Å². The van der Waals surface area contributed by atoms with Crippen LogP contribution in [0.3, 0.4) is 0 Å². The molecule has 0 aliphatic heterocycles. The van der Waals surface area contributed by atoms with Gasteiger partial charge in [0.1, 0.15) is 5.82 Å². The molecule has 108 valence electrons. The summed E-state index contributed by atoms with van der Waals surface area (Å²) in [5.74, 6) is -2.51. The van der Waals surface area contributed by atoms with Crippen molar-refractivity contribution in [1.29, 1.82) is 0 Å². The van der Waals surface area contributed by atoms with Crippen LogP contribution in [-0.2, 0) is 4.74 Å². The molecule has 4 nitrogen and oxygen atoms in total. The number of carboxylic acid groups (broad SMARTS) is 1. The first-order valence-corrected chi connectivity index (χ1v) is 6.72. The Morgan fingerprint density at radius 2 is 1.71 bits per heavy atom. The molecule has 0 saturated heterocycles. The summed E-state index contributed by atoms with van der Waals surface area (Å²) in [5, 5.41) is 8.76. The summed E-state index contributed by atoms with van der Waals surface area (Å²) in [6.07, 6.45) is 0. The van der Waals surface area contributed by atoms with Gasteiger partial charge in [0.15, 0.2) is 0 Å². The van der Waals surface area contributed by atoms with Crippen LogP contribution in [-0.4, -0.2) is 24.2 Å². The van der Waals surface area contributed by atoms with Gasteiger partial charge in [-0.25, -0.2) is 14.0 Å². The highest BCUT2D eigenvalue weighted by atomic mass is 32.2. The number of carboxylic acids is 1. The zero-order valence-corrected chi connectivity index (χ0v) is 11.8. The number of halogens is 1. The van der Waals surface area contributed by atoms with E-state index in [0.29, 0.717) is 10.5 Å². The molecule has 0 aliphatic rings. The lowest BCUT2D eigenvalue weighted by molar-refractivity contribution is 0.0599. The summed E-state index contributed by atoms with van der Waals surface area (Å²) >= 11 is 1.27. The van der Waals surface area contributed by atoms with Gasteiger partial charge >= 0.3 is 11.9 Å². The first-order valence-electron chi connectivity index (χ1n) is 5.90. The van der Waals surface area contributed by atoms with Crippen LogP contribution in [0.25, 0.3) is 0 Å². The maximum absolute atomic E-state index is 13.6. The highest BCUT2D eigenvalue weighted by Crippen LogP contribution is 2.29. The van der Waals surface area contributed by atoms with Crippen molar-refractivity contribution in [2.24, 2.45) is 0 Å². The van der Waals surface area contributed by atoms with Crippen molar-refractivity contribution in [3.8, 4) is 0 Å². The Balaban J connectivity index is 2.17. The van der Waals surface area contributed by atoms with E-state index in [-0.39, 0.29) is 5.56 Å². The van der Waals surface area contributed by atoms with Gasteiger partial charge in [-0.1, -0.05) is 11.8 Å². The van der Waals surface area contributed by atoms with E-state index in [2.05, 4.69) is 4.74 Å². The Morgan fingerprint density at radius 3 is 2.24 bits per heavy atom. The molecule has 0 saturated carbocycles. The van der Waals surface area contributed by atoms with E-state index >= 15 is 0 Å². The van der Waals surface area contributed by atoms with Gasteiger partial charge < -0.3 is 9.84 Å². The van der Waals surface area contributed by atoms with E-state index in [4.69, 9.17) is 5.11 Å². The van der Waals surface area contributed by atoms with Crippen LogP contribution in [0.15, 0.2) is 52.3 Å². The minimum atomic E-state index is -1.30. The number of methoxy groups -OCH3 is 1. The van der Waals surface area contributed by atoms with E-state index in [1.807, 2.05) is 0 Å². The number of carbonyl (C=O) groups excluding carboxylic acids is 1. The second-order valence-corrected chi connectivity index (χ2v) is 5.21. The van der Waals surface area contributed by atoms with E-state index in [0.717, 1.165) is 4.90 Å². The lowest BCUT2D eigenvalue weighted by atomic mass is 10.2. The summed E-state index contributed by atoms with van der Waals surface area (Å²) < 4.78 is 18.2. The van der Waals surface area contributed by atoms with Gasteiger partial charge in [-0.05, 0) is 42.5 Å². The maximum atomic E-state index is 13.6. The smallest absolute Gasteiger partial charge is 0.338 e. The van der Waals surface area contributed by atoms with Crippen LogP contribution < -0.4 is 0 Å². The molecule has 0 atom stereocenters. The molecule has 0 unspecified atom stereocenters. The Labute approximate surface area is 124 Å². The van der Waals surface area contributed by atoms with Gasteiger partial charge in [0.25, 0.3) is 0 Å². The molecule has 0 spiro atoms. The van der Waals surface area contributed by atoms with Gasteiger partial charge in [0, 0.05) is 9.79 Å². The number of hydrogen-bond acceptors (Lipinski definition) is 4. The van der Waals surface area contributed by atoms with Crippen LogP contribution in [0.2, 0.25) is 0 Å². The minimum Gasteiger partial charge on any atom is -0.478 e. The average Bonchev–Trinajstić information content (AvgIpc) is 2.47. The predicted molar refractivity (Wildman–Crippen MR) is 75.3 cm³/mol. The molecule has 0 radical (unpaired) electrons. The molecule has 0 fully saturated rings. The second kappa shape index (κ2) is 6.41. The molecule has 2 rings (SSSR count). The van der Waals surface area contributed by atoms with Gasteiger partial charge in [0.05, 0.1) is 18.2 Å². The normalized spacial score (nSPS) is 10.2. The van der Waals surface area contributed by atoms with Crippen LogP contribution in [0.5, 0.6) is 0 Å². The minimum absolute atomic E-state index is 0.361. The Morgan fingerprint density at radius 1 is 1.10 bits per heavy atom. The highest BCUT2D eigenvalue weighted by molar-refractivity contribution is 7.99. The zero-order chi connectivity index (χ0) is 15.4. The first kappa shape index (κ1) is 15.1. The summed E-state index contributed by atoms with van der Waals surface area (Å²) in [5.41, 5.74) is 0.0645. The molecule has 0 bridgehead atoms. The second-order valence-electron chi connectivity index (χ2n) is 4.06. The number of hydrogen-bond donors (Lipinski definition) is 1. The third kappa shape index (κ3) is 3.61. The van der Waals surface area contributed by atoms with Crippen LogP contribution in [0.4, 0.5) is 4.39 Å². The van der Waals surface area contributed by atoms with Crippen LogP contribution in [0.1, 0.15) is 20.7 Å². The average molecular weight is 306 g/mol. The zero-order valence-electron chi connectivity index (χ0n) is 11.0. The highest BCUT2D eigenvalue weighted by Gasteiger charge is 2.11. The van der Waals surface area contributed by atoms with Crippen LogP contribution >= 0.6 is 11.8 Å². The summed E-state index contributed by atoms with van der Waals surface area (Å²) in [6, 6.07) is 10.6. The molecule has 6 heteroatoms. The molecule has 21 heavy (non-hydrogen) atoms. The van der Waals surface area contributed by atoms with Crippen molar-refractivity contribution >= 4 is 23.7 Å². The molecule has 2 aromatic carbocycles. The number of carbonyl (C=O) groups is 2. The molecular weight excluding hydrogens is 295 g/mol. The number of aromatic carboxylic acids is 1. The monoisotopic (exact) mass is 306 g/mol. The Hall–Kier alpha value is -2.34. The molecule has 0 aromatic heterocycles. The van der Waals surface area contributed by atoms with Gasteiger partial charge in [-0.3, -0.25) is 0 Å². The molecule has 0 amide bonds. The third-order valence-corrected chi connectivity index (χ3v) is 3.68. The number of benzene rings is 2. The van der Waals surface area contributed by atoms with E-state index in [9.17, 15) is 14.0 Å². The maximum Gasteiger partial charge on any atom is 0.338 e. The lowest BCUT2D eigenvalue weighted by Gasteiger charge is -2.05. The summed E-state index contributed by atoms with van der Waals surface area (Å²) in [7, 11) is 1.30.